The lowest BCUT2D eigenvalue weighted by Gasteiger charge is -2.62. The van der Waals surface area contributed by atoms with E-state index in [1.165, 1.54) is 19.0 Å². The molecule has 1 aromatic carbocycles. The van der Waals surface area contributed by atoms with E-state index in [0.717, 1.165) is 31.4 Å². The maximum absolute atomic E-state index is 12.2. The second-order valence-corrected chi connectivity index (χ2v) is 11.9. The van der Waals surface area contributed by atoms with Crippen molar-refractivity contribution < 1.29 is 15.0 Å². The number of benzene rings is 1. The highest BCUT2D eigenvalue weighted by Gasteiger charge is 2.58. The first kappa shape index (κ1) is 24.9. The lowest BCUT2D eigenvalue weighted by molar-refractivity contribution is -0.133. The number of amides is 1. The van der Waals surface area contributed by atoms with E-state index >= 15 is 0 Å². The van der Waals surface area contributed by atoms with Gasteiger partial charge in [0.1, 0.15) is 23.2 Å². The standard InChI is InChI=1S/C28H35N7O3/c29-11-20-13-32-27(31-12-17-3-1-2-4-23(17)37)34-26(20)33-15-28-8-16-5-18(9-28)24(19(6-16)10-28)35-14-21(36)7-22(35)25(30)38/h1-4,13,16,18-19,21-22,24,36-37H,5-10,12,14-15H2,(H2,30,38)(H2,31,32,33,34)/t16?,18-,19+,21-,22-,24?,28-/m1/s1. The van der Waals surface area contributed by atoms with Crippen LogP contribution in [0.2, 0.25) is 0 Å². The molecule has 1 aromatic heterocycles. The van der Waals surface area contributed by atoms with Gasteiger partial charge in [0.2, 0.25) is 11.9 Å². The van der Waals surface area contributed by atoms with Crippen molar-refractivity contribution in [3.63, 3.8) is 0 Å². The molecule has 0 radical (unpaired) electrons. The normalized spacial score (nSPS) is 33.7. The molecule has 5 fully saturated rings. The maximum Gasteiger partial charge on any atom is 0.234 e. The number of likely N-dealkylation sites (tertiary alicyclic amines) is 1. The van der Waals surface area contributed by atoms with Gasteiger partial charge in [0, 0.05) is 31.2 Å². The van der Waals surface area contributed by atoms with Gasteiger partial charge in [0.05, 0.1) is 18.3 Å². The van der Waals surface area contributed by atoms with Crippen molar-refractivity contribution in [2.45, 2.75) is 63.3 Å². The first-order valence-corrected chi connectivity index (χ1v) is 13.6. The van der Waals surface area contributed by atoms with E-state index < -0.39 is 6.10 Å². The number of hydrogen-bond donors (Lipinski definition) is 5. The van der Waals surface area contributed by atoms with E-state index in [2.05, 4.69) is 31.6 Å². The van der Waals surface area contributed by atoms with Crippen molar-refractivity contribution in [1.82, 2.24) is 14.9 Å². The molecule has 38 heavy (non-hydrogen) atoms. The third-order valence-corrected chi connectivity index (χ3v) is 9.35. The number of β-amino-alcohol motifs (C(OH)–C–C–N with tert-alkyl or cyclic N) is 1. The van der Waals surface area contributed by atoms with Crippen LogP contribution in [0.5, 0.6) is 5.75 Å². The number of carbonyl (C=O) groups is 1. The van der Waals surface area contributed by atoms with Crippen LogP contribution in [0.25, 0.3) is 0 Å². The number of phenols is 1. The summed E-state index contributed by atoms with van der Waals surface area (Å²) < 4.78 is 0. The van der Waals surface area contributed by atoms with E-state index in [1.54, 1.807) is 12.1 Å². The number of aromatic hydroxyl groups is 1. The number of nitrogens with one attached hydrogen (secondary N) is 2. The fourth-order valence-electron chi connectivity index (χ4n) is 8.16. The summed E-state index contributed by atoms with van der Waals surface area (Å²) in [7, 11) is 0. The molecule has 2 heterocycles. The van der Waals surface area contributed by atoms with Crippen LogP contribution in [0.15, 0.2) is 30.5 Å². The van der Waals surface area contributed by atoms with Gasteiger partial charge < -0.3 is 26.6 Å². The molecule has 7 atom stereocenters. The highest BCUT2D eigenvalue weighted by molar-refractivity contribution is 5.80. The summed E-state index contributed by atoms with van der Waals surface area (Å²) in [6, 6.07) is 9.23. The van der Waals surface area contributed by atoms with E-state index in [0.29, 0.717) is 60.6 Å². The van der Waals surface area contributed by atoms with Crippen LogP contribution in [0, 0.1) is 34.5 Å². The smallest absolute Gasteiger partial charge is 0.234 e. The summed E-state index contributed by atoms with van der Waals surface area (Å²) in [5.41, 5.74) is 6.98. The van der Waals surface area contributed by atoms with Gasteiger partial charge in [0.15, 0.2) is 0 Å². The highest BCUT2D eigenvalue weighted by atomic mass is 16.3. The highest BCUT2D eigenvalue weighted by Crippen LogP contribution is 2.61. The van der Waals surface area contributed by atoms with Crippen molar-refractivity contribution in [2.75, 3.05) is 23.7 Å². The number of para-hydroxylation sites is 1. The third-order valence-electron chi connectivity index (χ3n) is 9.35. The Kier molecular flexibility index (Phi) is 6.36. The zero-order chi connectivity index (χ0) is 26.4. The Morgan fingerprint density at radius 1 is 1.18 bits per heavy atom. The molecule has 1 amide bonds. The summed E-state index contributed by atoms with van der Waals surface area (Å²) in [5.74, 6) is 2.42. The molecule has 7 rings (SSSR count). The molecular formula is C28H35N7O3. The fourth-order valence-corrected chi connectivity index (χ4v) is 8.16. The number of anilines is 2. The first-order valence-electron chi connectivity index (χ1n) is 13.6. The van der Waals surface area contributed by atoms with Crippen LogP contribution in [0.4, 0.5) is 11.8 Å². The monoisotopic (exact) mass is 517 g/mol. The Labute approximate surface area is 222 Å². The molecule has 10 heteroatoms. The van der Waals surface area contributed by atoms with Gasteiger partial charge in [-0.25, -0.2) is 4.98 Å². The number of aromatic nitrogens is 2. The van der Waals surface area contributed by atoms with Crippen molar-refractivity contribution in [3.05, 3.63) is 41.6 Å². The maximum atomic E-state index is 12.2. The van der Waals surface area contributed by atoms with Gasteiger partial charge in [-0.3, -0.25) is 9.69 Å². The minimum atomic E-state index is -0.490. The lowest BCUT2D eigenvalue weighted by atomic mass is 9.47. The predicted molar refractivity (Wildman–Crippen MR) is 141 cm³/mol. The molecule has 1 saturated heterocycles. The minimum Gasteiger partial charge on any atom is -0.508 e. The molecule has 4 saturated carbocycles. The molecule has 10 nitrogen and oxygen atoms in total. The molecule has 200 valence electrons. The van der Waals surface area contributed by atoms with Crippen LogP contribution >= 0.6 is 0 Å². The molecule has 1 aliphatic heterocycles. The number of hydrogen-bond acceptors (Lipinski definition) is 9. The lowest BCUT2D eigenvalue weighted by Crippen LogP contribution is -2.62. The van der Waals surface area contributed by atoms with Crippen molar-refractivity contribution in [1.29, 1.82) is 5.26 Å². The summed E-state index contributed by atoms with van der Waals surface area (Å²) in [4.78, 5) is 23.3. The van der Waals surface area contributed by atoms with Crippen molar-refractivity contribution in [3.8, 4) is 11.8 Å². The molecule has 2 aromatic rings. The van der Waals surface area contributed by atoms with Crippen LogP contribution < -0.4 is 16.4 Å². The minimum absolute atomic E-state index is 0.120. The average molecular weight is 518 g/mol. The van der Waals surface area contributed by atoms with Gasteiger partial charge in [-0.15, -0.1) is 0 Å². The Hall–Kier alpha value is -3.42. The molecule has 4 bridgehead atoms. The second kappa shape index (κ2) is 9.71. The number of nitriles is 1. The van der Waals surface area contributed by atoms with Crippen LogP contribution in [-0.2, 0) is 11.3 Å². The predicted octanol–water partition coefficient (Wildman–Crippen LogP) is 2.19. The number of aliphatic hydroxyl groups is 1. The Morgan fingerprint density at radius 2 is 1.95 bits per heavy atom. The van der Waals surface area contributed by atoms with E-state index in [4.69, 9.17) is 5.73 Å². The number of nitrogens with zero attached hydrogens (tertiary/aromatic N) is 4. The number of aliphatic hydroxyl groups excluding tert-OH is 1. The number of nitrogens with two attached hydrogens (primary N) is 1. The molecular weight excluding hydrogens is 482 g/mol. The molecule has 5 aliphatic rings. The third kappa shape index (κ3) is 4.54. The van der Waals surface area contributed by atoms with Crippen molar-refractivity contribution in [2.24, 2.45) is 28.9 Å². The fraction of sp³-hybridized carbons (Fsp3) is 0.571. The number of carbonyl (C=O) groups excluding carboxylic acids is 1. The average Bonchev–Trinajstić information content (AvgIpc) is 3.28. The van der Waals surface area contributed by atoms with E-state index in [9.17, 15) is 20.3 Å². The number of rotatable bonds is 8. The molecule has 2 unspecified atom stereocenters. The van der Waals surface area contributed by atoms with Crippen LogP contribution in [0.3, 0.4) is 0 Å². The molecule has 0 spiro atoms. The van der Waals surface area contributed by atoms with Gasteiger partial charge >= 0.3 is 0 Å². The Balaban J connectivity index is 1.15. The second-order valence-electron chi connectivity index (χ2n) is 11.9. The summed E-state index contributed by atoms with van der Waals surface area (Å²) in [6.07, 6.45) is 7.08. The van der Waals surface area contributed by atoms with Crippen LogP contribution in [-0.4, -0.2) is 62.3 Å². The van der Waals surface area contributed by atoms with Gasteiger partial charge in [-0.2, -0.15) is 10.2 Å². The SMILES string of the molecule is N#Cc1cnc(NCc2ccccc2O)nc1NC[C@]12CC3C[C@H](C1)C(N1C[C@H](O)C[C@@H]1C(N)=O)[C@@H](C3)C2. The largest absolute Gasteiger partial charge is 0.508 e. The summed E-state index contributed by atoms with van der Waals surface area (Å²) >= 11 is 0. The zero-order valence-corrected chi connectivity index (χ0v) is 21.4. The topological polar surface area (TPSA) is 160 Å². The van der Waals surface area contributed by atoms with Crippen molar-refractivity contribution >= 4 is 17.7 Å². The Bertz CT molecular complexity index is 1250. The quantitative estimate of drug-likeness (QED) is 0.353. The molecule has 4 aliphatic carbocycles. The van der Waals surface area contributed by atoms with Crippen LogP contribution in [0.1, 0.15) is 49.7 Å². The molecule has 6 N–H and O–H groups in total. The summed E-state index contributed by atoms with van der Waals surface area (Å²) in [5, 5.41) is 36.7. The van der Waals surface area contributed by atoms with Gasteiger partial charge in [-0.1, -0.05) is 18.2 Å². The van der Waals surface area contributed by atoms with E-state index in [1.807, 2.05) is 12.1 Å². The summed E-state index contributed by atoms with van der Waals surface area (Å²) in [6.45, 7) is 1.63. The first-order chi connectivity index (χ1) is 18.3. The number of primary amides is 1. The van der Waals surface area contributed by atoms with Gasteiger partial charge in [0.25, 0.3) is 0 Å². The zero-order valence-electron chi connectivity index (χ0n) is 21.4. The number of phenolic OH excluding ortho intramolecular Hbond substituents is 1. The Morgan fingerprint density at radius 3 is 2.66 bits per heavy atom. The van der Waals surface area contributed by atoms with E-state index in [-0.39, 0.29) is 23.1 Å². The van der Waals surface area contributed by atoms with Gasteiger partial charge in [-0.05, 0) is 67.8 Å².